The van der Waals surface area contributed by atoms with Gasteiger partial charge in [0.15, 0.2) is 0 Å². The van der Waals surface area contributed by atoms with E-state index in [-0.39, 0.29) is 23.1 Å². The van der Waals surface area contributed by atoms with Crippen LogP contribution in [0.25, 0.3) is 0 Å². The standard InChI is InChI=1S/C20H20ClFN2O3/c1-20(2)19(26)24(16-10-4-3-9-15(16)23-20)11-6-12-27-18(25)17-13(21)7-5-8-14(17)22/h3-5,7-10,23H,6,11-12H2,1-2H3. The van der Waals surface area contributed by atoms with Gasteiger partial charge >= 0.3 is 5.97 Å². The van der Waals surface area contributed by atoms with Crippen LogP contribution in [0.4, 0.5) is 15.8 Å². The summed E-state index contributed by atoms with van der Waals surface area (Å²) in [5, 5.41) is 3.23. The molecule has 142 valence electrons. The second kappa shape index (κ2) is 7.56. The summed E-state index contributed by atoms with van der Waals surface area (Å²) >= 11 is 5.86. The monoisotopic (exact) mass is 390 g/mol. The number of nitrogens with zero attached hydrogens (tertiary/aromatic N) is 1. The van der Waals surface area contributed by atoms with Crippen LogP contribution in [-0.2, 0) is 9.53 Å². The molecule has 0 aliphatic carbocycles. The Hall–Kier alpha value is -2.60. The molecule has 0 atom stereocenters. The van der Waals surface area contributed by atoms with Crippen LogP contribution in [0.1, 0.15) is 30.6 Å². The Bertz CT molecular complexity index is 865. The van der Waals surface area contributed by atoms with Gasteiger partial charge in [-0.25, -0.2) is 9.18 Å². The Kier molecular flexibility index (Phi) is 5.37. The zero-order valence-electron chi connectivity index (χ0n) is 15.1. The fourth-order valence-corrected chi connectivity index (χ4v) is 3.27. The third kappa shape index (κ3) is 3.90. The summed E-state index contributed by atoms with van der Waals surface area (Å²) in [5.41, 5.74) is 0.651. The first-order valence-corrected chi connectivity index (χ1v) is 8.99. The highest BCUT2D eigenvalue weighted by Crippen LogP contribution is 2.35. The summed E-state index contributed by atoms with van der Waals surface area (Å²) in [7, 11) is 0. The van der Waals surface area contributed by atoms with E-state index in [1.165, 1.54) is 12.1 Å². The number of esters is 1. The molecule has 0 saturated carbocycles. The molecule has 1 amide bonds. The van der Waals surface area contributed by atoms with Crippen molar-refractivity contribution >= 4 is 34.9 Å². The van der Waals surface area contributed by atoms with E-state index < -0.39 is 17.3 Å². The van der Waals surface area contributed by atoms with Crippen LogP contribution >= 0.6 is 11.6 Å². The summed E-state index contributed by atoms with van der Waals surface area (Å²) in [4.78, 5) is 26.5. The van der Waals surface area contributed by atoms with Gasteiger partial charge < -0.3 is 15.0 Å². The van der Waals surface area contributed by atoms with Crippen molar-refractivity contribution in [3.63, 3.8) is 0 Å². The van der Waals surface area contributed by atoms with Crippen molar-refractivity contribution in [2.24, 2.45) is 0 Å². The highest BCUT2D eigenvalue weighted by molar-refractivity contribution is 6.33. The molecule has 3 rings (SSSR count). The molecule has 0 fully saturated rings. The van der Waals surface area contributed by atoms with Gasteiger partial charge in [0, 0.05) is 6.54 Å². The average Bonchev–Trinajstić information content (AvgIpc) is 2.61. The molecule has 1 aliphatic heterocycles. The average molecular weight is 391 g/mol. The number of amides is 1. The van der Waals surface area contributed by atoms with Gasteiger partial charge in [-0.15, -0.1) is 0 Å². The number of anilines is 2. The molecule has 2 aromatic carbocycles. The van der Waals surface area contributed by atoms with E-state index in [2.05, 4.69) is 5.32 Å². The normalized spacial score (nSPS) is 15.1. The second-order valence-electron chi connectivity index (χ2n) is 6.81. The van der Waals surface area contributed by atoms with Crippen LogP contribution in [0.2, 0.25) is 5.02 Å². The Morgan fingerprint density at radius 3 is 2.70 bits per heavy atom. The lowest BCUT2D eigenvalue weighted by Crippen LogP contribution is -2.54. The number of para-hydroxylation sites is 2. The van der Waals surface area contributed by atoms with E-state index in [1.807, 2.05) is 38.1 Å². The fourth-order valence-electron chi connectivity index (χ4n) is 3.03. The van der Waals surface area contributed by atoms with E-state index >= 15 is 0 Å². The first kappa shape index (κ1) is 19.2. The number of nitrogens with one attached hydrogen (secondary N) is 1. The summed E-state index contributed by atoms with van der Waals surface area (Å²) < 4.78 is 18.9. The number of fused-ring (bicyclic) bond motifs is 1. The zero-order valence-corrected chi connectivity index (χ0v) is 15.8. The minimum Gasteiger partial charge on any atom is -0.462 e. The van der Waals surface area contributed by atoms with Gasteiger partial charge in [-0.05, 0) is 44.5 Å². The Labute approximate surface area is 162 Å². The molecular weight excluding hydrogens is 371 g/mol. The number of carbonyl (C=O) groups is 2. The van der Waals surface area contributed by atoms with Crippen LogP contribution in [0.15, 0.2) is 42.5 Å². The van der Waals surface area contributed by atoms with Crippen LogP contribution in [0.3, 0.4) is 0 Å². The fraction of sp³-hybridized carbons (Fsp3) is 0.300. The lowest BCUT2D eigenvalue weighted by atomic mass is 9.98. The number of benzene rings is 2. The second-order valence-corrected chi connectivity index (χ2v) is 7.22. The third-order valence-corrected chi connectivity index (χ3v) is 4.66. The van der Waals surface area contributed by atoms with E-state index in [1.54, 1.807) is 4.90 Å². The molecule has 1 N–H and O–H groups in total. The molecule has 0 radical (unpaired) electrons. The molecule has 0 bridgehead atoms. The summed E-state index contributed by atoms with van der Waals surface area (Å²) in [6.07, 6.45) is 0.411. The van der Waals surface area contributed by atoms with Crippen molar-refractivity contribution in [1.82, 2.24) is 0 Å². The SMILES string of the molecule is CC1(C)Nc2ccccc2N(CCCOC(=O)c2c(F)cccc2Cl)C1=O. The maximum absolute atomic E-state index is 13.8. The molecule has 2 aromatic rings. The zero-order chi connectivity index (χ0) is 19.6. The lowest BCUT2D eigenvalue weighted by Gasteiger charge is -2.40. The molecule has 0 spiro atoms. The van der Waals surface area contributed by atoms with Crippen LogP contribution in [0, 0.1) is 5.82 Å². The van der Waals surface area contributed by atoms with Crippen molar-refractivity contribution < 1.29 is 18.7 Å². The molecule has 0 aromatic heterocycles. The highest BCUT2D eigenvalue weighted by atomic mass is 35.5. The first-order chi connectivity index (χ1) is 12.8. The minimum atomic E-state index is -0.814. The van der Waals surface area contributed by atoms with E-state index in [0.29, 0.717) is 13.0 Å². The molecule has 27 heavy (non-hydrogen) atoms. The number of halogens is 2. The van der Waals surface area contributed by atoms with Crippen molar-refractivity contribution in [2.45, 2.75) is 25.8 Å². The molecule has 7 heteroatoms. The van der Waals surface area contributed by atoms with Crippen LogP contribution in [0.5, 0.6) is 0 Å². The van der Waals surface area contributed by atoms with Crippen LogP contribution in [-0.4, -0.2) is 30.6 Å². The number of rotatable bonds is 5. The smallest absolute Gasteiger partial charge is 0.342 e. The van der Waals surface area contributed by atoms with Crippen molar-refractivity contribution in [3.8, 4) is 0 Å². The van der Waals surface area contributed by atoms with E-state index in [9.17, 15) is 14.0 Å². The maximum Gasteiger partial charge on any atom is 0.342 e. The number of hydrogen-bond acceptors (Lipinski definition) is 4. The maximum atomic E-state index is 13.8. The summed E-state index contributed by atoms with van der Waals surface area (Å²) in [6.45, 7) is 4.06. The van der Waals surface area contributed by atoms with Gasteiger partial charge in [0.05, 0.1) is 23.0 Å². The van der Waals surface area contributed by atoms with Gasteiger partial charge in [0.2, 0.25) is 0 Å². The molecule has 1 aliphatic rings. The van der Waals surface area contributed by atoms with Crippen molar-refractivity contribution in [1.29, 1.82) is 0 Å². The van der Waals surface area contributed by atoms with E-state index in [0.717, 1.165) is 17.4 Å². The van der Waals surface area contributed by atoms with Gasteiger partial charge in [-0.1, -0.05) is 29.8 Å². The topological polar surface area (TPSA) is 58.6 Å². The summed E-state index contributed by atoms with van der Waals surface area (Å²) in [5.74, 6) is -1.60. The van der Waals surface area contributed by atoms with Gasteiger partial charge in [-0.3, -0.25) is 4.79 Å². The molecule has 0 unspecified atom stereocenters. The third-order valence-electron chi connectivity index (χ3n) is 4.35. The number of ether oxygens (including phenoxy) is 1. The van der Waals surface area contributed by atoms with Gasteiger partial charge in [-0.2, -0.15) is 0 Å². The minimum absolute atomic E-state index is 0.00737. The largest absolute Gasteiger partial charge is 0.462 e. The Morgan fingerprint density at radius 1 is 1.22 bits per heavy atom. The van der Waals surface area contributed by atoms with Crippen molar-refractivity contribution in [2.75, 3.05) is 23.4 Å². The molecule has 1 heterocycles. The van der Waals surface area contributed by atoms with Crippen molar-refractivity contribution in [3.05, 3.63) is 58.9 Å². The summed E-state index contributed by atoms with van der Waals surface area (Å²) in [6, 6.07) is 11.5. The Balaban J connectivity index is 1.63. The van der Waals surface area contributed by atoms with E-state index in [4.69, 9.17) is 16.3 Å². The predicted molar refractivity (Wildman–Crippen MR) is 103 cm³/mol. The number of carbonyl (C=O) groups excluding carboxylic acids is 2. The molecular formula is C20H20ClFN2O3. The highest BCUT2D eigenvalue weighted by Gasteiger charge is 2.38. The predicted octanol–water partition coefficient (Wildman–Crippen LogP) is 4.26. The van der Waals surface area contributed by atoms with Gasteiger partial charge in [0.25, 0.3) is 5.91 Å². The van der Waals surface area contributed by atoms with Gasteiger partial charge in [0.1, 0.15) is 16.9 Å². The lowest BCUT2D eigenvalue weighted by molar-refractivity contribution is -0.122. The van der Waals surface area contributed by atoms with Crippen LogP contribution < -0.4 is 10.2 Å². The Morgan fingerprint density at radius 2 is 1.96 bits per heavy atom. The number of hydrogen-bond donors (Lipinski definition) is 1. The quantitative estimate of drug-likeness (QED) is 0.612. The molecule has 0 saturated heterocycles. The molecule has 5 nitrogen and oxygen atoms in total. The first-order valence-electron chi connectivity index (χ1n) is 8.61.